The Kier molecular flexibility index (Phi) is 9.97. The number of hydrogen-bond donors (Lipinski definition) is 1. The third kappa shape index (κ3) is 8.20. The second-order valence-corrected chi connectivity index (χ2v) is 11.5. The van der Waals surface area contributed by atoms with Crippen molar-refractivity contribution in [3.8, 4) is 0 Å². The molecule has 0 bridgehead atoms. The van der Waals surface area contributed by atoms with Crippen LogP contribution >= 0.6 is 11.8 Å². The van der Waals surface area contributed by atoms with Crippen molar-refractivity contribution < 1.29 is 35.9 Å². The molecule has 1 amide bonds. The molecule has 2 aromatic rings. The average Bonchev–Trinajstić information content (AvgIpc) is 2.91. The predicted octanol–water partition coefficient (Wildman–Crippen LogP) is 7.03. The van der Waals surface area contributed by atoms with Gasteiger partial charge in [-0.1, -0.05) is 23.9 Å². The van der Waals surface area contributed by atoms with Crippen LogP contribution < -0.4 is 5.32 Å². The fourth-order valence-electron chi connectivity index (χ4n) is 5.03. The number of hydrogen-bond acceptors (Lipinski definition) is 5. The van der Waals surface area contributed by atoms with Gasteiger partial charge in [0.25, 0.3) is 0 Å². The number of amides is 1. The summed E-state index contributed by atoms with van der Waals surface area (Å²) in [4.78, 5) is 16.0. The molecule has 5 nitrogen and oxygen atoms in total. The Balaban J connectivity index is 1.60. The van der Waals surface area contributed by atoms with E-state index in [1.54, 1.807) is 24.3 Å². The number of halogens is 6. The van der Waals surface area contributed by atoms with Gasteiger partial charge >= 0.3 is 12.4 Å². The van der Waals surface area contributed by atoms with Gasteiger partial charge in [-0.3, -0.25) is 4.79 Å². The zero-order chi connectivity index (χ0) is 29.8. The van der Waals surface area contributed by atoms with Gasteiger partial charge in [0, 0.05) is 59.8 Å². The van der Waals surface area contributed by atoms with E-state index in [4.69, 9.17) is 4.74 Å². The third-order valence-corrected chi connectivity index (χ3v) is 8.24. The van der Waals surface area contributed by atoms with E-state index in [1.165, 1.54) is 4.90 Å². The Morgan fingerprint density at radius 2 is 1.63 bits per heavy atom. The third-order valence-electron chi connectivity index (χ3n) is 7.19. The summed E-state index contributed by atoms with van der Waals surface area (Å²) in [5, 5.41) is 3.42. The van der Waals surface area contributed by atoms with E-state index in [0.717, 1.165) is 50.2 Å². The van der Waals surface area contributed by atoms with Crippen LogP contribution in [0.5, 0.6) is 0 Å². The number of ether oxygens (including phenoxy) is 1. The Hall–Kier alpha value is -2.70. The number of rotatable bonds is 7. The van der Waals surface area contributed by atoms with Crippen LogP contribution in [0.2, 0.25) is 0 Å². The maximum absolute atomic E-state index is 14.2. The topological polar surface area (TPSA) is 44.8 Å². The highest BCUT2D eigenvalue weighted by atomic mass is 32.2. The van der Waals surface area contributed by atoms with Gasteiger partial charge in [0.1, 0.15) is 0 Å². The Labute approximate surface area is 239 Å². The molecule has 1 N–H and O–H groups in total. The lowest BCUT2D eigenvalue weighted by Gasteiger charge is -2.35. The zero-order valence-electron chi connectivity index (χ0n) is 22.8. The lowest BCUT2D eigenvalue weighted by atomic mass is 9.99. The maximum atomic E-state index is 14.2. The molecule has 41 heavy (non-hydrogen) atoms. The molecule has 0 spiro atoms. The number of carbonyl (C=O) groups is 1. The molecular formula is C29H33F6N3O2S. The minimum absolute atomic E-state index is 0.194. The molecule has 2 aliphatic rings. The summed E-state index contributed by atoms with van der Waals surface area (Å²) in [6, 6.07) is 9.34. The number of benzene rings is 2. The van der Waals surface area contributed by atoms with E-state index in [9.17, 15) is 31.1 Å². The van der Waals surface area contributed by atoms with Gasteiger partial charge in [0.15, 0.2) is 0 Å². The molecule has 2 aromatic carbocycles. The highest BCUT2D eigenvalue weighted by molar-refractivity contribution is 7.99. The van der Waals surface area contributed by atoms with Crippen molar-refractivity contribution in [2.75, 3.05) is 44.7 Å². The van der Waals surface area contributed by atoms with Crippen LogP contribution in [0.4, 0.5) is 32.0 Å². The number of nitrogens with zero attached hydrogens (tertiary/aromatic N) is 2. The molecule has 2 fully saturated rings. The van der Waals surface area contributed by atoms with Crippen LogP contribution in [0.25, 0.3) is 6.08 Å². The number of alkyl halides is 6. The summed E-state index contributed by atoms with van der Waals surface area (Å²) in [5.74, 6) is -0.590. The molecule has 224 valence electrons. The molecule has 0 saturated carbocycles. The fourth-order valence-corrected chi connectivity index (χ4v) is 6.08. The first kappa shape index (κ1) is 31.2. The van der Waals surface area contributed by atoms with Gasteiger partial charge in [-0.15, -0.1) is 0 Å². The minimum Gasteiger partial charge on any atom is -0.382 e. The molecule has 2 heterocycles. The van der Waals surface area contributed by atoms with Crippen LogP contribution in [-0.4, -0.2) is 67.2 Å². The lowest BCUT2D eigenvalue weighted by molar-refractivity contribution is -0.163. The second kappa shape index (κ2) is 13.1. The van der Waals surface area contributed by atoms with Crippen molar-refractivity contribution in [3.63, 3.8) is 0 Å². The highest BCUT2D eigenvalue weighted by Crippen LogP contribution is 2.48. The monoisotopic (exact) mass is 601 g/mol. The number of anilines is 1. The Morgan fingerprint density at radius 1 is 0.976 bits per heavy atom. The van der Waals surface area contributed by atoms with Gasteiger partial charge < -0.3 is 19.9 Å². The summed E-state index contributed by atoms with van der Waals surface area (Å²) in [6.07, 6.45) is -7.09. The van der Waals surface area contributed by atoms with Crippen molar-refractivity contribution in [2.24, 2.45) is 0 Å². The van der Waals surface area contributed by atoms with Gasteiger partial charge in [-0.2, -0.15) is 26.3 Å². The van der Waals surface area contributed by atoms with Crippen molar-refractivity contribution >= 4 is 29.4 Å². The first-order chi connectivity index (χ1) is 19.3. The number of carbonyl (C=O) groups excluding carboxylic acids is 1. The Morgan fingerprint density at radius 3 is 2.24 bits per heavy atom. The average molecular weight is 602 g/mol. The van der Waals surface area contributed by atoms with Gasteiger partial charge in [-0.25, -0.2) is 0 Å². The standard InChI is InChI=1S/C29H33F6N3O2S/c1-19(2)37-12-10-21(11-13-37)36-22-4-3-5-23(18-22)41-24-8-6-20(7-9-25(39)38-14-16-40-17-15-38)26(28(30,31)32)27(24)29(33,34)35/h3-9,18-19,21,36H,10-17H2,1-2H3. The van der Waals surface area contributed by atoms with E-state index in [1.807, 2.05) is 0 Å². The molecule has 2 saturated heterocycles. The van der Waals surface area contributed by atoms with Gasteiger partial charge in [-0.05, 0) is 62.6 Å². The zero-order valence-corrected chi connectivity index (χ0v) is 23.6. The normalized spacial score (nSPS) is 17.9. The van der Waals surface area contributed by atoms with Crippen LogP contribution in [0.1, 0.15) is 43.4 Å². The van der Waals surface area contributed by atoms with Gasteiger partial charge in [0.2, 0.25) is 5.91 Å². The molecule has 4 rings (SSSR count). The van der Waals surface area contributed by atoms with Crippen molar-refractivity contribution in [1.82, 2.24) is 9.80 Å². The number of likely N-dealkylation sites (tertiary alicyclic amines) is 1. The molecule has 12 heteroatoms. The lowest BCUT2D eigenvalue weighted by Crippen LogP contribution is -2.42. The second-order valence-electron chi connectivity index (χ2n) is 10.3. The Bertz CT molecular complexity index is 1230. The molecule has 2 aliphatic heterocycles. The number of piperidine rings is 1. The van der Waals surface area contributed by atoms with Crippen LogP contribution in [0, 0.1) is 0 Å². The summed E-state index contributed by atoms with van der Waals surface area (Å²) >= 11 is 0.626. The SMILES string of the molecule is CC(C)N1CCC(Nc2cccc(Sc3ccc(C=CC(=O)N4CCOCC4)c(C(F)(F)F)c3C(F)(F)F)c2)CC1. The molecular weight excluding hydrogens is 568 g/mol. The van der Waals surface area contributed by atoms with Crippen molar-refractivity contribution in [3.05, 3.63) is 59.2 Å². The van der Waals surface area contributed by atoms with E-state index in [0.29, 0.717) is 28.4 Å². The first-order valence-corrected chi connectivity index (χ1v) is 14.3. The smallest absolute Gasteiger partial charge is 0.382 e. The van der Waals surface area contributed by atoms with E-state index >= 15 is 0 Å². The molecule has 0 atom stereocenters. The molecule has 0 radical (unpaired) electrons. The number of morpholine rings is 1. The van der Waals surface area contributed by atoms with E-state index in [-0.39, 0.29) is 32.3 Å². The first-order valence-electron chi connectivity index (χ1n) is 13.5. The van der Waals surface area contributed by atoms with Gasteiger partial charge in [0.05, 0.1) is 24.3 Å². The highest BCUT2D eigenvalue weighted by Gasteiger charge is 2.46. The number of nitrogens with one attached hydrogen (secondary N) is 1. The minimum atomic E-state index is -5.31. The molecule has 0 unspecified atom stereocenters. The summed E-state index contributed by atoms with van der Waals surface area (Å²) in [6.45, 7) is 7.21. The summed E-state index contributed by atoms with van der Waals surface area (Å²) in [5.41, 5.74) is -3.61. The summed E-state index contributed by atoms with van der Waals surface area (Å²) in [7, 11) is 0. The van der Waals surface area contributed by atoms with Crippen molar-refractivity contribution in [2.45, 2.75) is 60.9 Å². The predicted molar refractivity (Wildman–Crippen MR) is 147 cm³/mol. The van der Waals surface area contributed by atoms with Crippen LogP contribution in [0.3, 0.4) is 0 Å². The van der Waals surface area contributed by atoms with Crippen LogP contribution in [0.15, 0.2) is 52.3 Å². The molecule has 0 aliphatic carbocycles. The summed E-state index contributed by atoms with van der Waals surface area (Å²) < 4.78 is 90.4. The van der Waals surface area contributed by atoms with Crippen molar-refractivity contribution in [1.29, 1.82) is 0 Å². The maximum Gasteiger partial charge on any atom is 0.418 e. The largest absolute Gasteiger partial charge is 0.418 e. The van der Waals surface area contributed by atoms with E-state index < -0.39 is 39.8 Å². The quantitative estimate of drug-likeness (QED) is 0.273. The molecule has 0 aromatic heterocycles. The van der Waals surface area contributed by atoms with Crippen LogP contribution in [-0.2, 0) is 21.9 Å². The fraction of sp³-hybridized carbons (Fsp3) is 0.483. The van der Waals surface area contributed by atoms with E-state index in [2.05, 4.69) is 24.1 Å².